The summed E-state index contributed by atoms with van der Waals surface area (Å²) >= 11 is 0. The molecule has 1 aromatic rings. The van der Waals surface area contributed by atoms with Crippen molar-refractivity contribution < 1.29 is 12.9 Å². The lowest BCUT2D eigenvalue weighted by atomic mass is 9.78. The Balaban J connectivity index is 3.27. The van der Waals surface area contributed by atoms with Gasteiger partial charge in [0.2, 0.25) is 0 Å². The third-order valence-corrected chi connectivity index (χ3v) is 2.26. The van der Waals surface area contributed by atoms with Gasteiger partial charge in [-0.25, -0.2) is 0 Å². The molecular weight excluding hydrogens is 220 g/mol. The number of rotatable bonds is 3. The first-order valence-corrected chi connectivity index (χ1v) is 4.46. The molecule has 0 spiro atoms. The van der Waals surface area contributed by atoms with Crippen LogP contribution in [0.2, 0.25) is 0 Å². The van der Waals surface area contributed by atoms with E-state index in [2.05, 4.69) is 10.0 Å². The maximum absolute atomic E-state index is 12.5. The molecule has 4 nitrogen and oxygen atoms in total. The fraction of sp³-hybridized carbons (Fsp3) is 0.250. The van der Waals surface area contributed by atoms with Crippen LogP contribution in [-0.4, -0.2) is 6.98 Å². The van der Waals surface area contributed by atoms with Crippen LogP contribution in [0.3, 0.4) is 0 Å². The minimum Gasteiger partial charge on any atom is -0.445 e. The third kappa shape index (κ3) is 2.61. The molecule has 0 heterocycles. The standard InChI is InChI=1S/C8H9BF3N4/c1-5-6(4-15-16-14)2-7(3-8(5)13)9(10,11)12/h2-3H,4,13H2,1H3/q-1. The lowest BCUT2D eigenvalue weighted by molar-refractivity contribution is 0.501. The highest BCUT2D eigenvalue weighted by molar-refractivity contribution is 6.73. The summed E-state index contributed by atoms with van der Waals surface area (Å²) in [5.41, 5.74) is 13.7. The Hall–Kier alpha value is -1.82. The summed E-state index contributed by atoms with van der Waals surface area (Å²) in [7, 11) is 0. The number of anilines is 1. The lowest BCUT2D eigenvalue weighted by Crippen LogP contribution is -2.34. The van der Waals surface area contributed by atoms with Crippen LogP contribution in [0.1, 0.15) is 11.1 Å². The van der Waals surface area contributed by atoms with Crippen LogP contribution in [-0.2, 0) is 6.54 Å². The van der Waals surface area contributed by atoms with E-state index in [0.717, 1.165) is 12.1 Å². The van der Waals surface area contributed by atoms with Gasteiger partial charge in [-0.15, -0.1) is 5.46 Å². The molecule has 0 aromatic heterocycles. The van der Waals surface area contributed by atoms with Gasteiger partial charge in [-0.2, -0.15) is 0 Å². The van der Waals surface area contributed by atoms with Gasteiger partial charge in [0, 0.05) is 10.6 Å². The normalized spacial score (nSPS) is 11.0. The average molecular weight is 229 g/mol. The van der Waals surface area contributed by atoms with E-state index in [9.17, 15) is 12.9 Å². The molecule has 8 heteroatoms. The van der Waals surface area contributed by atoms with Crippen molar-refractivity contribution in [1.29, 1.82) is 0 Å². The Morgan fingerprint density at radius 1 is 1.44 bits per heavy atom. The van der Waals surface area contributed by atoms with Gasteiger partial charge in [0.25, 0.3) is 0 Å². The van der Waals surface area contributed by atoms with E-state index in [1.54, 1.807) is 6.92 Å². The third-order valence-electron chi connectivity index (χ3n) is 2.26. The van der Waals surface area contributed by atoms with Crippen LogP contribution < -0.4 is 11.2 Å². The first-order valence-electron chi connectivity index (χ1n) is 4.46. The van der Waals surface area contributed by atoms with Crippen LogP contribution in [0.5, 0.6) is 0 Å². The van der Waals surface area contributed by atoms with E-state index in [0.29, 0.717) is 11.1 Å². The maximum Gasteiger partial charge on any atom is 0.509 e. The van der Waals surface area contributed by atoms with E-state index in [1.807, 2.05) is 0 Å². The molecule has 0 bridgehead atoms. The summed E-state index contributed by atoms with van der Waals surface area (Å²) in [5, 5.41) is 3.23. The Kier molecular flexibility index (Phi) is 3.34. The summed E-state index contributed by atoms with van der Waals surface area (Å²) in [4.78, 5) is 2.50. The van der Waals surface area contributed by atoms with Gasteiger partial charge < -0.3 is 18.7 Å². The van der Waals surface area contributed by atoms with Gasteiger partial charge in [0.15, 0.2) is 0 Å². The first kappa shape index (κ1) is 12.3. The quantitative estimate of drug-likeness (QED) is 0.279. The molecular formula is C8H9BF3N4-. The number of nitrogens with two attached hydrogens (primary N) is 1. The van der Waals surface area contributed by atoms with E-state index in [1.165, 1.54) is 0 Å². The summed E-state index contributed by atoms with van der Waals surface area (Å²) in [5.74, 6) is 0. The zero-order valence-electron chi connectivity index (χ0n) is 8.49. The number of nitrogen functional groups attached to an aromatic ring is 1. The predicted molar refractivity (Wildman–Crippen MR) is 57.2 cm³/mol. The minimum absolute atomic E-state index is 0.0554. The van der Waals surface area contributed by atoms with Crippen LogP contribution in [0, 0.1) is 6.92 Å². The molecule has 16 heavy (non-hydrogen) atoms. The molecule has 1 rings (SSSR count). The summed E-state index contributed by atoms with van der Waals surface area (Å²) < 4.78 is 37.5. The second kappa shape index (κ2) is 4.36. The number of azide groups is 1. The number of halogens is 3. The highest BCUT2D eigenvalue weighted by atomic mass is 19.4. The van der Waals surface area contributed by atoms with Crippen molar-refractivity contribution in [1.82, 2.24) is 0 Å². The Labute approximate surface area is 89.9 Å². The monoisotopic (exact) mass is 229 g/mol. The number of hydrogen-bond donors (Lipinski definition) is 1. The highest BCUT2D eigenvalue weighted by Gasteiger charge is 2.26. The molecule has 0 unspecified atom stereocenters. The molecule has 86 valence electrons. The number of nitrogens with zero attached hydrogens (tertiary/aromatic N) is 3. The zero-order valence-corrected chi connectivity index (χ0v) is 8.49. The SMILES string of the molecule is Cc1c(N)cc([B-](F)(F)F)cc1CN=[N+]=[N-]. The van der Waals surface area contributed by atoms with E-state index >= 15 is 0 Å². The second-order valence-electron chi connectivity index (χ2n) is 3.36. The Bertz CT molecular complexity index is 451. The molecule has 0 fully saturated rings. The van der Waals surface area contributed by atoms with Crippen molar-refractivity contribution in [2.45, 2.75) is 13.5 Å². The maximum atomic E-state index is 12.5. The van der Waals surface area contributed by atoms with Crippen molar-refractivity contribution in [2.24, 2.45) is 5.11 Å². The fourth-order valence-corrected chi connectivity index (χ4v) is 1.29. The highest BCUT2D eigenvalue weighted by Crippen LogP contribution is 2.19. The molecule has 0 aliphatic carbocycles. The van der Waals surface area contributed by atoms with Crippen molar-refractivity contribution in [3.63, 3.8) is 0 Å². The Morgan fingerprint density at radius 3 is 2.56 bits per heavy atom. The van der Waals surface area contributed by atoms with Crippen LogP contribution in [0.25, 0.3) is 10.4 Å². The molecule has 0 saturated heterocycles. The largest absolute Gasteiger partial charge is 0.509 e. The molecule has 0 amide bonds. The lowest BCUT2D eigenvalue weighted by Gasteiger charge is -2.18. The molecule has 0 radical (unpaired) electrons. The zero-order chi connectivity index (χ0) is 12.3. The van der Waals surface area contributed by atoms with E-state index < -0.39 is 12.4 Å². The van der Waals surface area contributed by atoms with Gasteiger partial charge in [-0.05, 0) is 23.6 Å². The second-order valence-corrected chi connectivity index (χ2v) is 3.36. The Morgan fingerprint density at radius 2 is 2.06 bits per heavy atom. The fourth-order valence-electron chi connectivity index (χ4n) is 1.29. The molecule has 1 aromatic carbocycles. The summed E-state index contributed by atoms with van der Waals surface area (Å²) in [6, 6.07) is 1.87. The molecule has 0 saturated carbocycles. The first-order chi connectivity index (χ1) is 7.36. The van der Waals surface area contributed by atoms with Crippen molar-refractivity contribution in [3.8, 4) is 0 Å². The number of hydrogen-bond acceptors (Lipinski definition) is 2. The van der Waals surface area contributed by atoms with Crippen molar-refractivity contribution in [2.75, 3.05) is 5.73 Å². The van der Waals surface area contributed by atoms with E-state index in [-0.39, 0.29) is 12.2 Å². The predicted octanol–water partition coefficient (Wildman–Crippen LogP) is 2.44. The summed E-state index contributed by atoms with van der Waals surface area (Å²) in [6.07, 6.45) is 0. The van der Waals surface area contributed by atoms with Gasteiger partial charge in [-0.1, -0.05) is 17.2 Å². The smallest absolute Gasteiger partial charge is 0.445 e. The topological polar surface area (TPSA) is 74.8 Å². The summed E-state index contributed by atoms with van der Waals surface area (Å²) in [6.45, 7) is -3.64. The minimum atomic E-state index is -5.09. The molecule has 0 aliphatic rings. The van der Waals surface area contributed by atoms with Crippen molar-refractivity contribution in [3.05, 3.63) is 33.7 Å². The van der Waals surface area contributed by atoms with Crippen LogP contribution in [0.15, 0.2) is 17.2 Å². The average Bonchev–Trinajstić information content (AvgIpc) is 2.18. The van der Waals surface area contributed by atoms with Crippen LogP contribution in [0.4, 0.5) is 18.6 Å². The van der Waals surface area contributed by atoms with Crippen LogP contribution >= 0.6 is 0 Å². The molecule has 0 aliphatic heterocycles. The van der Waals surface area contributed by atoms with Crippen molar-refractivity contribution >= 4 is 18.1 Å². The van der Waals surface area contributed by atoms with Gasteiger partial charge in [0.1, 0.15) is 0 Å². The van der Waals surface area contributed by atoms with Gasteiger partial charge >= 0.3 is 6.98 Å². The molecule has 2 N–H and O–H groups in total. The van der Waals surface area contributed by atoms with E-state index in [4.69, 9.17) is 11.3 Å². The van der Waals surface area contributed by atoms with Gasteiger partial charge in [-0.3, -0.25) is 0 Å². The molecule has 0 atom stereocenters. The number of benzene rings is 1. The van der Waals surface area contributed by atoms with Gasteiger partial charge in [0.05, 0.1) is 6.54 Å².